The number of aliphatic hydroxyl groups excluding tert-OH is 1. The van der Waals surface area contributed by atoms with E-state index in [4.69, 9.17) is 30.5 Å². The predicted molar refractivity (Wildman–Crippen MR) is 86.0 cm³/mol. The van der Waals surface area contributed by atoms with Gasteiger partial charge in [0.05, 0.1) is 37.2 Å². The number of fused-ring (bicyclic) bond motifs is 1. The van der Waals surface area contributed by atoms with E-state index in [1.165, 1.54) is 0 Å². The fraction of sp³-hybridized carbons (Fsp3) is 0.533. The Labute approximate surface area is 134 Å². The van der Waals surface area contributed by atoms with Gasteiger partial charge in [0, 0.05) is 31.8 Å². The van der Waals surface area contributed by atoms with Crippen molar-refractivity contribution in [2.75, 3.05) is 51.5 Å². The van der Waals surface area contributed by atoms with Crippen molar-refractivity contribution in [1.82, 2.24) is 0 Å². The zero-order valence-corrected chi connectivity index (χ0v) is 13.6. The molecule has 0 unspecified atom stereocenters. The SMILES string of the molecule is COCCOCCN(CCO)c1cc(=S)c2occ(C)c2o1. The number of aliphatic hydroxyl groups is 1. The fourth-order valence-corrected chi connectivity index (χ4v) is 2.31. The lowest BCUT2D eigenvalue weighted by molar-refractivity contribution is 0.0735. The number of hydrogen-bond donors (Lipinski definition) is 1. The van der Waals surface area contributed by atoms with Gasteiger partial charge in [0.2, 0.25) is 0 Å². The second-order valence-electron chi connectivity index (χ2n) is 4.84. The molecule has 0 saturated carbocycles. The second kappa shape index (κ2) is 8.28. The first-order chi connectivity index (χ1) is 10.7. The Morgan fingerprint density at radius 3 is 2.77 bits per heavy atom. The van der Waals surface area contributed by atoms with Gasteiger partial charge in [0.1, 0.15) is 0 Å². The van der Waals surface area contributed by atoms with Gasteiger partial charge in [-0.1, -0.05) is 12.2 Å². The van der Waals surface area contributed by atoms with Gasteiger partial charge in [-0.15, -0.1) is 0 Å². The van der Waals surface area contributed by atoms with Crippen LogP contribution >= 0.6 is 12.2 Å². The number of nitrogens with zero attached hydrogens (tertiary/aromatic N) is 1. The molecule has 0 spiro atoms. The van der Waals surface area contributed by atoms with Crippen LogP contribution in [0.25, 0.3) is 11.2 Å². The maximum absolute atomic E-state index is 9.25. The molecule has 122 valence electrons. The van der Waals surface area contributed by atoms with Gasteiger partial charge >= 0.3 is 0 Å². The van der Waals surface area contributed by atoms with Crippen LogP contribution in [0.1, 0.15) is 5.56 Å². The van der Waals surface area contributed by atoms with Crippen molar-refractivity contribution < 1.29 is 23.4 Å². The molecule has 2 rings (SSSR count). The molecule has 0 aliphatic heterocycles. The molecule has 0 bridgehead atoms. The third kappa shape index (κ3) is 4.07. The van der Waals surface area contributed by atoms with Crippen LogP contribution in [0.5, 0.6) is 0 Å². The molecule has 0 aromatic carbocycles. The maximum Gasteiger partial charge on any atom is 0.197 e. The monoisotopic (exact) mass is 327 g/mol. The molecule has 0 aliphatic rings. The summed E-state index contributed by atoms with van der Waals surface area (Å²) in [4.78, 5) is 1.90. The number of aryl methyl sites for hydroxylation is 1. The van der Waals surface area contributed by atoms with Gasteiger partial charge in [-0.3, -0.25) is 0 Å². The first-order valence-corrected chi connectivity index (χ1v) is 7.52. The van der Waals surface area contributed by atoms with Gasteiger partial charge in [-0.2, -0.15) is 0 Å². The summed E-state index contributed by atoms with van der Waals surface area (Å²) in [6, 6.07) is 1.74. The van der Waals surface area contributed by atoms with Crippen molar-refractivity contribution in [3.63, 3.8) is 0 Å². The molecule has 0 amide bonds. The van der Waals surface area contributed by atoms with E-state index in [2.05, 4.69) is 0 Å². The molecule has 22 heavy (non-hydrogen) atoms. The first kappa shape index (κ1) is 17.0. The molecule has 2 aromatic rings. The van der Waals surface area contributed by atoms with Crippen LogP contribution in [0.15, 0.2) is 21.2 Å². The summed E-state index contributed by atoms with van der Waals surface area (Å²) in [5, 5.41) is 9.25. The fourth-order valence-electron chi connectivity index (χ4n) is 2.07. The second-order valence-corrected chi connectivity index (χ2v) is 5.28. The van der Waals surface area contributed by atoms with Crippen LogP contribution < -0.4 is 4.90 Å². The zero-order valence-electron chi connectivity index (χ0n) is 12.8. The Balaban J connectivity index is 2.13. The molecule has 0 saturated heterocycles. The third-order valence-corrected chi connectivity index (χ3v) is 3.53. The molecule has 0 aliphatic carbocycles. The minimum Gasteiger partial charge on any atom is -0.459 e. The molecular formula is C15H21NO5S. The highest BCUT2D eigenvalue weighted by Gasteiger charge is 2.14. The summed E-state index contributed by atoms with van der Waals surface area (Å²) in [5.74, 6) is 0.603. The van der Waals surface area contributed by atoms with Crippen LogP contribution in [0.4, 0.5) is 5.88 Å². The van der Waals surface area contributed by atoms with Gasteiger partial charge < -0.3 is 28.3 Å². The first-order valence-electron chi connectivity index (χ1n) is 7.11. The smallest absolute Gasteiger partial charge is 0.197 e. The summed E-state index contributed by atoms with van der Waals surface area (Å²) < 4.78 is 22.3. The van der Waals surface area contributed by atoms with E-state index < -0.39 is 0 Å². The van der Waals surface area contributed by atoms with Crippen molar-refractivity contribution >= 4 is 29.3 Å². The summed E-state index contributed by atoms with van der Waals surface area (Å²) in [7, 11) is 1.63. The minimum absolute atomic E-state index is 0.0166. The highest BCUT2D eigenvalue weighted by molar-refractivity contribution is 7.71. The molecule has 6 nitrogen and oxygen atoms in total. The van der Waals surface area contributed by atoms with Crippen molar-refractivity contribution in [2.45, 2.75) is 6.92 Å². The van der Waals surface area contributed by atoms with Crippen molar-refractivity contribution in [2.24, 2.45) is 0 Å². The molecule has 0 radical (unpaired) electrons. The molecule has 0 fully saturated rings. The average molecular weight is 327 g/mol. The lowest BCUT2D eigenvalue weighted by Crippen LogP contribution is -2.30. The lowest BCUT2D eigenvalue weighted by atomic mass is 10.3. The quantitative estimate of drug-likeness (QED) is 0.560. The Morgan fingerprint density at radius 2 is 2.05 bits per heavy atom. The van der Waals surface area contributed by atoms with E-state index in [0.717, 1.165) is 5.56 Å². The largest absolute Gasteiger partial charge is 0.459 e. The summed E-state index contributed by atoms with van der Waals surface area (Å²) >= 11 is 5.34. The lowest BCUT2D eigenvalue weighted by Gasteiger charge is -2.22. The zero-order chi connectivity index (χ0) is 15.9. The Morgan fingerprint density at radius 1 is 1.23 bits per heavy atom. The van der Waals surface area contributed by atoms with E-state index in [-0.39, 0.29) is 6.61 Å². The molecule has 7 heteroatoms. The van der Waals surface area contributed by atoms with Crippen LogP contribution in [0, 0.1) is 11.4 Å². The standard InChI is InChI=1S/C15H21NO5S/c1-11-10-20-15-12(22)9-13(21-14(11)15)16(3-5-17)4-6-19-8-7-18-2/h9-10,17H,3-8H2,1-2H3. The maximum atomic E-state index is 9.25. The molecule has 2 heterocycles. The van der Waals surface area contributed by atoms with E-state index in [9.17, 15) is 5.11 Å². The topological polar surface area (TPSA) is 68.2 Å². The number of anilines is 1. The van der Waals surface area contributed by atoms with E-state index in [1.807, 2.05) is 11.8 Å². The van der Waals surface area contributed by atoms with Crippen LogP contribution in [0.3, 0.4) is 0 Å². The van der Waals surface area contributed by atoms with E-state index in [1.54, 1.807) is 19.4 Å². The summed E-state index contributed by atoms with van der Waals surface area (Å²) in [5.41, 5.74) is 2.12. The Bertz CT molecular complexity index is 651. The number of furan rings is 1. The van der Waals surface area contributed by atoms with Crippen LogP contribution in [-0.4, -0.2) is 51.7 Å². The highest BCUT2D eigenvalue weighted by atomic mass is 32.1. The predicted octanol–water partition coefficient (Wildman–Crippen LogP) is 2.53. The summed E-state index contributed by atoms with van der Waals surface area (Å²) in [6.07, 6.45) is 1.62. The van der Waals surface area contributed by atoms with E-state index >= 15 is 0 Å². The molecule has 1 N–H and O–H groups in total. The average Bonchev–Trinajstić information content (AvgIpc) is 2.88. The van der Waals surface area contributed by atoms with Crippen LogP contribution in [0.2, 0.25) is 0 Å². The summed E-state index contributed by atoms with van der Waals surface area (Å²) in [6.45, 7) is 4.54. The van der Waals surface area contributed by atoms with Crippen molar-refractivity contribution in [3.05, 3.63) is 22.4 Å². The van der Waals surface area contributed by atoms with E-state index in [0.29, 0.717) is 54.5 Å². The van der Waals surface area contributed by atoms with Gasteiger partial charge in [-0.05, 0) is 6.92 Å². The van der Waals surface area contributed by atoms with Crippen molar-refractivity contribution in [1.29, 1.82) is 0 Å². The Hall–Kier alpha value is -1.41. The number of methoxy groups -OCH3 is 1. The molecular weight excluding hydrogens is 306 g/mol. The van der Waals surface area contributed by atoms with Gasteiger partial charge in [-0.25, -0.2) is 0 Å². The van der Waals surface area contributed by atoms with Crippen molar-refractivity contribution in [3.8, 4) is 0 Å². The minimum atomic E-state index is 0.0166. The molecule has 2 aromatic heterocycles. The van der Waals surface area contributed by atoms with Gasteiger partial charge in [0.25, 0.3) is 0 Å². The number of hydrogen-bond acceptors (Lipinski definition) is 7. The van der Waals surface area contributed by atoms with Crippen LogP contribution in [-0.2, 0) is 9.47 Å². The number of ether oxygens (including phenoxy) is 2. The normalized spacial score (nSPS) is 11.2. The number of rotatable bonds is 9. The highest BCUT2D eigenvalue weighted by Crippen LogP contribution is 2.27. The van der Waals surface area contributed by atoms with Gasteiger partial charge in [0.15, 0.2) is 17.1 Å². The third-order valence-electron chi connectivity index (χ3n) is 3.22. The Kier molecular flexibility index (Phi) is 6.38. The molecule has 0 atom stereocenters.